The van der Waals surface area contributed by atoms with Crippen molar-refractivity contribution < 1.29 is 4.42 Å². The molecule has 1 heterocycles. The second-order valence-corrected chi connectivity index (χ2v) is 5.47. The summed E-state index contributed by atoms with van der Waals surface area (Å²) in [6.45, 7) is 6.00. The molecule has 2 nitrogen and oxygen atoms in total. The van der Waals surface area contributed by atoms with Gasteiger partial charge in [0.05, 0.1) is 11.6 Å². The molecule has 0 atom stereocenters. The lowest BCUT2D eigenvalue weighted by atomic mass is 10.0. The third-order valence-electron chi connectivity index (χ3n) is 3.63. The molecule has 18 heavy (non-hydrogen) atoms. The highest BCUT2D eigenvalue weighted by Crippen LogP contribution is 2.48. The summed E-state index contributed by atoms with van der Waals surface area (Å²) in [5.41, 5.74) is 3.53. The Kier molecular flexibility index (Phi) is 3.08. The molecule has 1 aromatic heterocycles. The van der Waals surface area contributed by atoms with Gasteiger partial charge in [-0.15, -0.1) is 0 Å². The maximum Gasteiger partial charge on any atom is 0.153 e. The fraction of sp³-hybridized carbons (Fsp3) is 0.467. The Morgan fingerprint density at radius 2 is 2.17 bits per heavy atom. The number of aryl methyl sites for hydroxylation is 1. The normalized spacial score (nSPS) is 15.5. The Morgan fingerprint density at radius 3 is 2.83 bits per heavy atom. The van der Waals surface area contributed by atoms with Crippen molar-refractivity contribution in [3.8, 4) is 0 Å². The van der Waals surface area contributed by atoms with Crippen LogP contribution in [-0.4, -0.2) is 6.54 Å². The average Bonchev–Trinajstić information content (AvgIpc) is 3.12. The summed E-state index contributed by atoms with van der Waals surface area (Å²) in [5.74, 6) is 1.75. The van der Waals surface area contributed by atoms with Crippen LogP contribution in [0.2, 0.25) is 5.02 Å². The van der Waals surface area contributed by atoms with Crippen molar-refractivity contribution in [3.05, 3.63) is 34.0 Å². The van der Waals surface area contributed by atoms with E-state index < -0.39 is 0 Å². The van der Waals surface area contributed by atoms with Gasteiger partial charge in [-0.1, -0.05) is 24.6 Å². The Labute approximate surface area is 112 Å². The molecule has 0 aliphatic heterocycles. The lowest BCUT2D eigenvalue weighted by Gasteiger charge is -2.03. The number of rotatable bonds is 4. The highest BCUT2D eigenvalue weighted by molar-refractivity contribution is 6.35. The molecule has 1 aromatic carbocycles. The first-order valence-corrected chi connectivity index (χ1v) is 7.01. The minimum Gasteiger partial charge on any atom is -0.458 e. The van der Waals surface area contributed by atoms with E-state index in [2.05, 4.69) is 25.2 Å². The molecule has 1 aliphatic rings. The molecular formula is C15H18ClNO. The lowest BCUT2D eigenvalue weighted by Crippen LogP contribution is -2.12. The van der Waals surface area contributed by atoms with Crippen LogP contribution < -0.4 is 5.32 Å². The van der Waals surface area contributed by atoms with Crippen molar-refractivity contribution in [2.75, 3.05) is 6.54 Å². The summed E-state index contributed by atoms with van der Waals surface area (Å²) in [7, 11) is 0. The van der Waals surface area contributed by atoms with Crippen LogP contribution in [-0.2, 0) is 6.54 Å². The van der Waals surface area contributed by atoms with Crippen LogP contribution >= 0.6 is 11.6 Å². The molecule has 96 valence electrons. The maximum atomic E-state index is 6.26. The maximum absolute atomic E-state index is 6.26. The first-order chi connectivity index (χ1) is 8.72. The van der Waals surface area contributed by atoms with Gasteiger partial charge in [-0.25, -0.2) is 0 Å². The van der Waals surface area contributed by atoms with E-state index in [-0.39, 0.29) is 0 Å². The lowest BCUT2D eigenvalue weighted by molar-refractivity contribution is 0.514. The van der Waals surface area contributed by atoms with Crippen molar-refractivity contribution in [1.29, 1.82) is 0 Å². The van der Waals surface area contributed by atoms with Gasteiger partial charge in [0, 0.05) is 10.9 Å². The van der Waals surface area contributed by atoms with Crippen molar-refractivity contribution in [3.63, 3.8) is 0 Å². The van der Waals surface area contributed by atoms with Gasteiger partial charge < -0.3 is 9.73 Å². The molecule has 3 heteroatoms. The zero-order chi connectivity index (χ0) is 12.7. The van der Waals surface area contributed by atoms with E-state index in [1.54, 1.807) is 0 Å². The molecule has 3 rings (SSSR count). The zero-order valence-electron chi connectivity index (χ0n) is 10.8. The Hall–Kier alpha value is -0.990. The number of nitrogens with one attached hydrogen (secondary N) is 1. The Morgan fingerprint density at radius 1 is 1.39 bits per heavy atom. The number of hydrogen-bond acceptors (Lipinski definition) is 2. The van der Waals surface area contributed by atoms with E-state index in [9.17, 15) is 0 Å². The summed E-state index contributed by atoms with van der Waals surface area (Å²) in [4.78, 5) is 0. The van der Waals surface area contributed by atoms with Gasteiger partial charge in [-0.05, 0) is 43.9 Å². The third kappa shape index (κ3) is 1.94. The number of furan rings is 1. The van der Waals surface area contributed by atoms with Crippen LogP contribution in [0.4, 0.5) is 0 Å². The molecule has 0 amide bonds. The fourth-order valence-corrected chi connectivity index (χ4v) is 2.78. The third-order valence-corrected chi connectivity index (χ3v) is 3.93. The molecule has 0 unspecified atom stereocenters. The smallest absolute Gasteiger partial charge is 0.153 e. The molecule has 1 N–H and O–H groups in total. The largest absolute Gasteiger partial charge is 0.458 e. The first kappa shape index (κ1) is 12.1. The summed E-state index contributed by atoms with van der Waals surface area (Å²) < 4.78 is 6.02. The highest BCUT2D eigenvalue weighted by Gasteiger charge is 2.31. The van der Waals surface area contributed by atoms with Gasteiger partial charge in [0.25, 0.3) is 0 Å². The zero-order valence-corrected chi connectivity index (χ0v) is 11.6. The van der Waals surface area contributed by atoms with Crippen molar-refractivity contribution in [1.82, 2.24) is 5.32 Å². The fourth-order valence-electron chi connectivity index (χ4n) is 2.58. The van der Waals surface area contributed by atoms with Gasteiger partial charge in [-0.3, -0.25) is 0 Å². The summed E-state index contributed by atoms with van der Waals surface area (Å²) in [6, 6.07) is 4.01. The highest BCUT2D eigenvalue weighted by atomic mass is 35.5. The molecule has 0 bridgehead atoms. The van der Waals surface area contributed by atoms with Crippen LogP contribution in [0.5, 0.6) is 0 Å². The number of hydrogen-bond donors (Lipinski definition) is 1. The topological polar surface area (TPSA) is 25.2 Å². The van der Waals surface area contributed by atoms with E-state index in [1.165, 1.54) is 29.4 Å². The molecule has 0 saturated heterocycles. The molecular weight excluding hydrogens is 246 g/mol. The monoisotopic (exact) mass is 263 g/mol. The van der Waals surface area contributed by atoms with Gasteiger partial charge >= 0.3 is 0 Å². The Bertz CT molecular complexity index is 584. The minimum atomic E-state index is 0.678. The number of halogens is 1. The predicted octanol–water partition coefficient (Wildman–Crippen LogP) is 4.38. The molecule has 1 aliphatic carbocycles. The number of benzene rings is 1. The van der Waals surface area contributed by atoms with Gasteiger partial charge in [0.2, 0.25) is 0 Å². The van der Waals surface area contributed by atoms with Crippen LogP contribution in [0, 0.1) is 6.92 Å². The van der Waals surface area contributed by atoms with E-state index in [1.807, 2.05) is 6.07 Å². The minimum absolute atomic E-state index is 0.678. The van der Waals surface area contributed by atoms with Gasteiger partial charge in [0.15, 0.2) is 5.58 Å². The van der Waals surface area contributed by atoms with Crippen molar-refractivity contribution >= 4 is 22.6 Å². The van der Waals surface area contributed by atoms with Crippen LogP contribution in [0.25, 0.3) is 11.0 Å². The van der Waals surface area contributed by atoms with Gasteiger partial charge in [0.1, 0.15) is 5.76 Å². The van der Waals surface area contributed by atoms with Crippen LogP contribution in [0.3, 0.4) is 0 Å². The van der Waals surface area contributed by atoms with Crippen LogP contribution in [0.1, 0.15) is 42.6 Å². The van der Waals surface area contributed by atoms with Crippen molar-refractivity contribution in [2.45, 2.75) is 39.2 Å². The summed E-state index contributed by atoms with van der Waals surface area (Å²) in [5, 5.41) is 5.32. The van der Waals surface area contributed by atoms with E-state index >= 15 is 0 Å². The predicted molar refractivity (Wildman–Crippen MR) is 75.3 cm³/mol. The molecule has 2 aromatic rings. The molecule has 0 spiro atoms. The van der Waals surface area contributed by atoms with E-state index in [4.69, 9.17) is 16.0 Å². The molecule has 1 fully saturated rings. The molecule has 1 saturated carbocycles. The molecule has 0 radical (unpaired) electrons. The van der Waals surface area contributed by atoms with E-state index in [0.29, 0.717) is 5.92 Å². The number of fused-ring (bicyclic) bond motifs is 1. The average molecular weight is 264 g/mol. The second-order valence-electron chi connectivity index (χ2n) is 5.06. The van der Waals surface area contributed by atoms with Gasteiger partial charge in [-0.2, -0.15) is 0 Å². The van der Waals surface area contributed by atoms with Crippen LogP contribution in [0.15, 0.2) is 16.5 Å². The summed E-state index contributed by atoms with van der Waals surface area (Å²) >= 11 is 6.26. The van der Waals surface area contributed by atoms with Crippen molar-refractivity contribution in [2.24, 2.45) is 0 Å². The quantitative estimate of drug-likeness (QED) is 0.885. The SMILES string of the molecule is CCNCc1oc2c(Cl)ccc(C)c2c1C1CC1. The Balaban J connectivity index is 2.19. The second kappa shape index (κ2) is 4.60. The summed E-state index contributed by atoms with van der Waals surface area (Å²) in [6.07, 6.45) is 2.55. The van der Waals surface area contributed by atoms with E-state index in [0.717, 1.165) is 29.5 Å². The first-order valence-electron chi connectivity index (χ1n) is 6.63. The standard InChI is InChI=1S/C15H18ClNO/c1-3-17-8-12-14(10-5-6-10)13-9(2)4-7-11(16)15(13)18-12/h4,7,10,17H,3,5-6,8H2,1-2H3.